The lowest BCUT2D eigenvalue weighted by Gasteiger charge is -2.18. The van der Waals surface area contributed by atoms with E-state index in [-0.39, 0.29) is 24.2 Å². The molecule has 0 spiro atoms. The van der Waals surface area contributed by atoms with E-state index in [2.05, 4.69) is 0 Å². The van der Waals surface area contributed by atoms with Crippen LogP contribution >= 0.6 is 0 Å². The molecule has 0 radical (unpaired) electrons. The third-order valence-electron chi connectivity index (χ3n) is 2.68. The summed E-state index contributed by atoms with van der Waals surface area (Å²) in [6, 6.07) is 4.71. The van der Waals surface area contributed by atoms with E-state index in [9.17, 15) is 18.0 Å². The van der Waals surface area contributed by atoms with Gasteiger partial charge in [-0.2, -0.15) is 18.4 Å². The van der Waals surface area contributed by atoms with Crippen LogP contribution in [0.15, 0.2) is 18.2 Å². The van der Waals surface area contributed by atoms with E-state index in [1.165, 1.54) is 6.07 Å². The van der Waals surface area contributed by atoms with Gasteiger partial charge < -0.3 is 4.74 Å². The number of nitrogens with zero attached hydrogens (tertiary/aromatic N) is 1. The van der Waals surface area contributed by atoms with Crippen molar-refractivity contribution in [2.75, 3.05) is 0 Å². The number of nitrogens with one attached hydrogen (secondary N) is 1. The molecule has 1 amide bonds. The molecule has 1 rings (SSSR count). The van der Waals surface area contributed by atoms with E-state index in [1.54, 1.807) is 13.0 Å². The molecule has 0 aliphatic rings. The van der Waals surface area contributed by atoms with Gasteiger partial charge in [0.1, 0.15) is 5.75 Å². The summed E-state index contributed by atoms with van der Waals surface area (Å²) in [5.74, 6) is 4.10. The summed E-state index contributed by atoms with van der Waals surface area (Å²) < 4.78 is 44.0. The van der Waals surface area contributed by atoms with Gasteiger partial charge in [0.05, 0.1) is 23.3 Å². The molecule has 0 bridgehead atoms. The molecule has 0 aromatic heterocycles. The Kier molecular flexibility index (Phi) is 5.55. The van der Waals surface area contributed by atoms with Crippen molar-refractivity contribution in [2.45, 2.75) is 32.0 Å². The predicted molar refractivity (Wildman–Crippen MR) is 67.8 cm³/mol. The lowest BCUT2D eigenvalue weighted by molar-refractivity contribution is -0.139. The second kappa shape index (κ2) is 6.95. The zero-order chi connectivity index (χ0) is 16.0. The van der Waals surface area contributed by atoms with Crippen molar-refractivity contribution in [3.8, 4) is 11.8 Å². The van der Waals surface area contributed by atoms with Crippen molar-refractivity contribution < 1.29 is 22.7 Å². The van der Waals surface area contributed by atoms with Crippen molar-refractivity contribution in [1.82, 2.24) is 5.43 Å². The number of alkyl halides is 3. The first-order chi connectivity index (χ1) is 9.77. The van der Waals surface area contributed by atoms with Crippen LogP contribution in [0.4, 0.5) is 13.2 Å². The topological polar surface area (TPSA) is 88.1 Å². The highest BCUT2D eigenvalue weighted by Gasteiger charge is 2.35. The number of ether oxygens (including phenoxy) is 1. The van der Waals surface area contributed by atoms with Gasteiger partial charge in [-0.05, 0) is 31.5 Å². The van der Waals surface area contributed by atoms with Crippen LogP contribution in [0.25, 0.3) is 0 Å². The van der Waals surface area contributed by atoms with E-state index in [1.807, 2.05) is 5.43 Å². The van der Waals surface area contributed by atoms with Crippen LogP contribution in [0.1, 0.15) is 30.9 Å². The molecule has 21 heavy (non-hydrogen) atoms. The van der Waals surface area contributed by atoms with E-state index in [0.29, 0.717) is 0 Å². The predicted octanol–water partition coefficient (Wildman–Crippen LogP) is 2.11. The number of hydrazine groups is 1. The summed E-state index contributed by atoms with van der Waals surface area (Å²) >= 11 is 0. The maximum Gasteiger partial charge on any atom is 0.420 e. The second-order valence-corrected chi connectivity index (χ2v) is 4.36. The molecule has 1 unspecified atom stereocenters. The van der Waals surface area contributed by atoms with Gasteiger partial charge >= 0.3 is 6.18 Å². The van der Waals surface area contributed by atoms with Gasteiger partial charge in [0.15, 0.2) is 0 Å². The minimum Gasteiger partial charge on any atom is -0.490 e. The molecule has 0 aliphatic carbocycles. The molecule has 114 valence electrons. The maximum absolute atomic E-state index is 12.9. The van der Waals surface area contributed by atoms with Crippen LogP contribution in [0, 0.1) is 11.3 Å². The quantitative estimate of drug-likeness (QED) is 0.495. The van der Waals surface area contributed by atoms with Crippen LogP contribution in [-0.2, 0) is 11.0 Å². The van der Waals surface area contributed by atoms with Crippen LogP contribution in [-0.4, -0.2) is 12.0 Å². The molecular weight excluding hydrogens is 287 g/mol. The highest BCUT2D eigenvalue weighted by Crippen LogP contribution is 2.37. The summed E-state index contributed by atoms with van der Waals surface area (Å²) in [5.41, 5.74) is 0.801. The number of hydrogen-bond acceptors (Lipinski definition) is 4. The molecule has 0 heterocycles. The molecule has 0 fully saturated rings. The maximum atomic E-state index is 12.9. The number of amides is 1. The van der Waals surface area contributed by atoms with Gasteiger partial charge in [0.25, 0.3) is 0 Å². The zero-order valence-corrected chi connectivity index (χ0v) is 11.2. The van der Waals surface area contributed by atoms with Crippen LogP contribution in [0.5, 0.6) is 5.75 Å². The summed E-state index contributed by atoms with van der Waals surface area (Å²) in [5, 5.41) is 8.66. The van der Waals surface area contributed by atoms with Crippen molar-refractivity contribution in [2.24, 2.45) is 5.84 Å². The highest BCUT2D eigenvalue weighted by atomic mass is 19.4. The minimum absolute atomic E-state index is 0.0370. The molecular formula is C13H14F3N3O2. The van der Waals surface area contributed by atoms with Gasteiger partial charge in [-0.3, -0.25) is 10.2 Å². The third kappa shape index (κ3) is 4.96. The smallest absolute Gasteiger partial charge is 0.420 e. The Labute approximate surface area is 119 Å². The third-order valence-corrected chi connectivity index (χ3v) is 2.68. The van der Waals surface area contributed by atoms with Gasteiger partial charge in [-0.25, -0.2) is 5.84 Å². The molecule has 3 N–H and O–H groups in total. The number of nitriles is 1. The van der Waals surface area contributed by atoms with E-state index in [0.717, 1.165) is 12.1 Å². The fourth-order valence-corrected chi connectivity index (χ4v) is 1.61. The fourth-order valence-electron chi connectivity index (χ4n) is 1.61. The van der Waals surface area contributed by atoms with Crippen molar-refractivity contribution >= 4 is 5.91 Å². The fraction of sp³-hybridized carbons (Fsp3) is 0.385. The van der Waals surface area contributed by atoms with E-state index < -0.39 is 23.8 Å². The average Bonchev–Trinajstić information content (AvgIpc) is 2.44. The Morgan fingerprint density at radius 2 is 2.19 bits per heavy atom. The number of hydrogen-bond donors (Lipinski definition) is 2. The summed E-state index contributed by atoms with van der Waals surface area (Å²) in [4.78, 5) is 11.0. The van der Waals surface area contributed by atoms with Crippen LogP contribution < -0.4 is 16.0 Å². The minimum atomic E-state index is -4.63. The number of carbonyl (C=O) groups is 1. The first-order valence-corrected chi connectivity index (χ1v) is 6.05. The highest BCUT2D eigenvalue weighted by molar-refractivity contribution is 5.75. The monoisotopic (exact) mass is 301 g/mol. The first-order valence-electron chi connectivity index (χ1n) is 6.05. The molecule has 1 atom stereocenters. The van der Waals surface area contributed by atoms with Gasteiger partial charge in [0, 0.05) is 6.42 Å². The van der Waals surface area contributed by atoms with Crippen molar-refractivity contribution in [3.63, 3.8) is 0 Å². The number of halogens is 3. The lowest BCUT2D eigenvalue weighted by atomic mass is 10.1. The number of carbonyl (C=O) groups excluding carboxylic acids is 1. The molecule has 5 nitrogen and oxygen atoms in total. The molecule has 0 saturated carbocycles. The molecule has 1 aromatic carbocycles. The number of rotatable bonds is 5. The largest absolute Gasteiger partial charge is 0.490 e. The Morgan fingerprint density at radius 1 is 1.52 bits per heavy atom. The molecule has 8 heteroatoms. The zero-order valence-electron chi connectivity index (χ0n) is 11.2. The van der Waals surface area contributed by atoms with Crippen LogP contribution in [0.3, 0.4) is 0 Å². The summed E-state index contributed by atoms with van der Waals surface area (Å²) in [6.45, 7) is 1.54. The van der Waals surface area contributed by atoms with Crippen molar-refractivity contribution in [1.29, 1.82) is 5.26 Å². The SMILES string of the molecule is CC(CCC(=O)NN)Oc1ccc(C#N)cc1C(F)(F)F. The Balaban J connectivity index is 2.88. The van der Waals surface area contributed by atoms with E-state index in [4.69, 9.17) is 15.8 Å². The summed E-state index contributed by atoms with van der Waals surface area (Å²) in [7, 11) is 0. The van der Waals surface area contributed by atoms with Crippen LogP contribution in [0.2, 0.25) is 0 Å². The second-order valence-electron chi connectivity index (χ2n) is 4.36. The molecule has 0 saturated heterocycles. The van der Waals surface area contributed by atoms with Gasteiger partial charge in [0.2, 0.25) is 5.91 Å². The standard InChI is InChI=1S/C13H14F3N3O2/c1-8(2-5-12(20)19-18)21-11-4-3-9(7-17)6-10(11)13(14,15)16/h3-4,6,8H,2,5,18H2,1H3,(H,19,20). The lowest BCUT2D eigenvalue weighted by Crippen LogP contribution is -2.30. The summed E-state index contributed by atoms with van der Waals surface area (Å²) in [6.07, 6.45) is -5.00. The van der Waals surface area contributed by atoms with E-state index >= 15 is 0 Å². The number of nitrogens with two attached hydrogens (primary N) is 1. The Morgan fingerprint density at radius 3 is 2.71 bits per heavy atom. The molecule has 0 aliphatic heterocycles. The first kappa shape index (κ1) is 16.8. The van der Waals surface area contributed by atoms with Gasteiger partial charge in [-0.15, -0.1) is 0 Å². The van der Waals surface area contributed by atoms with Gasteiger partial charge in [-0.1, -0.05) is 0 Å². The number of benzene rings is 1. The molecule has 1 aromatic rings. The normalized spacial score (nSPS) is 12.4. The Bertz CT molecular complexity index is 553. The average molecular weight is 301 g/mol. The van der Waals surface area contributed by atoms with Crippen molar-refractivity contribution in [3.05, 3.63) is 29.3 Å². The Hall–Kier alpha value is -2.27.